The minimum absolute atomic E-state index is 0.0395. The van der Waals surface area contributed by atoms with E-state index in [1.165, 1.54) is 0 Å². The van der Waals surface area contributed by atoms with Crippen LogP contribution in [0.5, 0.6) is 0 Å². The molecule has 1 saturated heterocycles. The number of carbonyl (C=O) groups is 2. The van der Waals surface area contributed by atoms with E-state index in [9.17, 15) is 9.59 Å². The van der Waals surface area contributed by atoms with Gasteiger partial charge in [0.25, 0.3) is 0 Å². The zero-order valence-corrected chi connectivity index (χ0v) is 14.0. The van der Waals surface area contributed by atoms with Crippen molar-refractivity contribution < 1.29 is 35.8 Å². The summed E-state index contributed by atoms with van der Waals surface area (Å²) in [7, 11) is 0. The summed E-state index contributed by atoms with van der Waals surface area (Å²) in [6, 6.07) is 0. The molecule has 94 valence electrons. The molecule has 0 aromatic carbocycles. The first-order valence-corrected chi connectivity index (χ1v) is 8.37. The van der Waals surface area contributed by atoms with Crippen molar-refractivity contribution in [2.75, 3.05) is 0 Å². The molecule has 0 aromatic heterocycles. The first kappa shape index (κ1) is 14.6. The summed E-state index contributed by atoms with van der Waals surface area (Å²) < 4.78 is 8.46. The molecular weight excluding hydrogens is 436 g/mol. The Morgan fingerprint density at radius 3 is 2.44 bits per heavy atom. The summed E-state index contributed by atoms with van der Waals surface area (Å²) in [5.74, 6) is -0.535. The second kappa shape index (κ2) is 5.05. The van der Waals surface area contributed by atoms with E-state index in [2.05, 4.69) is 26.1 Å². The van der Waals surface area contributed by atoms with Crippen LogP contribution in [-0.2, 0) is 14.3 Å². The monoisotopic (exact) mass is 452 g/mol. The number of halogens is 2. The van der Waals surface area contributed by atoms with Gasteiger partial charge in [-0.3, -0.25) is 0 Å². The second-order valence-corrected chi connectivity index (χ2v) is 9.31. The Bertz CT molecular complexity index is 300. The first-order valence-electron chi connectivity index (χ1n) is 4.97. The van der Waals surface area contributed by atoms with Crippen LogP contribution < -0.4 is 25.0 Å². The van der Waals surface area contributed by atoms with Crippen LogP contribution in [0.15, 0.2) is 0 Å². The van der Waals surface area contributed by atoms with Crippen LogP contribution in [0.1, 0.15) is 27.7 Å². The molecule has 6 heteroatoms. The summed E-state index contributed by atoms with van der Waals surface area (Å²) in [5.41, 5.74) is -0.738. The quantitative estimate of drug-likeness (QED) is 0.103. The minimum atomic E-state index is -0.738. The van der Waals surface area contributed by atoms with Gasteiger partial charge >= 0.3 is 121 Å². The van der Waals surface area contributed by atoms with Crippen LogP contribution in [0.2, 0.25) is 0 Å². The van der Waals surface area contributed by atoms with E-state index in [1.807, 2.05) is 6.92 Å². The van der Waals surface area contributed by atoms with Crippen LogP contribution in [0.4, 0.5) is 0 Å². The third kappa shape index (κ3) is 3.28. The molecule has 1 rings (SSSR count). The molecule has 0 saturated carbocycles. The molecule has 4 nitrogen and oxygen atoms in total. The summed E-state index contributed by atoms with van der Waals surface area (Å²) in [6.45, 7) is 7.17. The molecule has 0 radical (unpaired) electrons. The van der Waals surface area contributed by atoms with Gasteiger partial charge in [0.05, 0.1) is 0 Å². The van der Waals surface area contributed by atoms with Crippen LogP contribution in [0.25, 0.3) is 0 Å². The Morgan fingerprint density at radius 2 is 2.06 bits per heavy atom. The van der Waals surface area contributed by atoms with E-state index in [1.54, 1.807) is 20.8 Å². The first-order chi connectivity index (χ1) is 7.21. The van der Waals surface area contributed by atoms with E-state index < -0.39 is 9.02 Å². The van der Waals surface area contributed by atoms with Gasteiger partial charge in [-0.2, -0.15) is 0 Å². The molecule has 1 aliphatic rings. The Morgan fingerprint density at radius 1 is 1.56 bits per heavy atom. The number of ether oxygens (including phenoxy) is 1. The molecule has 1 N–H and O–H groups in total. The molecule has 1 aliphatic heterocycles. The maximum atomic E-state index is 12.0. The normalized spacial score (nSPS) is 25.9. The number of nitrogens with one attached hydrogen (secondary N) is 1. The van der Waals surface area contributed by atoms with E-state index in [-0.39, 0.29) is 33.4 Å². The van der Waals surface area contributed by atoms with Gasteiger partial charge in [0.2, 0.25) is 0 Å². The van der Waals surface area contributed by atoms with Crippen molar-refractivity contribution in [3.63, 3.8) is 0 Å². The number of hydrogen-bond acceptors (Lipinski definition) is 4. The summed E-state index contributed by atoms with van der Waals surface area (Å²) in [6.07, 6.45) is 0.820. The SMILES string of the molecule is C[C@H](C=O)C(C)(C)OC(=O)C(C)(I)C1N[I-]1. The molecular formula is C10H16I2NO3-. The fourth-order valence-electron chi connectivity index (χ4n) is 0.935. The van der Waals surface area contributed by atoms with E-state index in [0.29, 0.717) is 4.05 Å². The molecule has 0 aromatic rings. The van der Waals surface area contributed by atoms with E-state index in [0.717, 1.165) is 6.29 Å². The van der Waals surface area contributed by atoms with Crippen LogP contribution in [0.3, 0.4) is 0 Å². The molecule has 1 fully saturated rings. The molecule has 0 amide bonds. The van der Waals surface area contributed by atoms with Crippen molar-refractivity contribution >= 4 is 34.8 Å². The molecule has 1 heterocycles. The fourth-order valence-corrected chi connectivity index (χ4v) is 4.23. The molecule has 0 bridgehead atoms. The Balaban J connectivity index is 2.66. The fraction of sp³-hybridized carbons (Fsp3) is 0.800. The average Bonchev–Trinajstić information content (AvgIpc) is 2.98. The molecule has 0 aliphatic carbocycles. The Hall–Kier alpha value is 0.560. The van der Waals surface area contributed by atoms with Crippen molar-refractivity contribution in [3.05, 3.63) is 0 Å². The van der Waals surface area contributed by atoms with Crippen molar-refractivity contribution in [2.24, 2.45) is 5.92 Å². The summed E-state index contributed by atoms with van der Waals surface area (Å²) in [5, 5.41) is 0. The van der Waals surface area contributed by atoms with Crippen molar-refractivity contribution in [3.8, 4) is 0 Å². The zero-order chi connectivity index (χ0) is 12.6. The third-order valence-electron chi connectivity index (χ3n) is 2.75. The number of alkyl halides is 2. The van der Waals surface area contributed by atoms with Gasteiger partial charge in [-0.1, -0.05) is 0 Å². The van der Waals surface area contributed by atoms with E-state index in [4.69, 9.17) is 4.74 Å². The summed E-state index contributed by atoms with van der Waals surface area (Å²) >= 11 is 2.09. The van der Waals surface area contributed by atoms with Gasteiger partial charge in [-0.05, 0) is 0 Å². The van der Waals surface area contributed by atoms with Gasteiger partial charge in [0.1, 0.15) is 0 Å². The second-order valence-electron chi connectivity index (χ2n) is 4.57. The predicted octanol–water partition coefficient (Wildman–Crippen LogP) is -1.73. The molecule has 0 spiro atoms. The van der Waals surface area contributed by atoms with Crippen molar-refractivity contribution in [1.29, 1.82) is 0 Å². The van der Waals surface area contributed by atoms with Crippen LogP contribution >= 0.6 is 22.6 Å². The predicted molar refractivity (Wildman–Crippen MR) is 64.7 cm³/mol. The van der Waals surface area contributed by atoms with Crippen LogP contribution in [-0.4, -0.2) is 25.3 Å². The average molecular weight is 452 g/mol. The topological polar surface area (TPSA) is 65.3 Å². The van der Waals surface area contributed by atoms with Crippen LogP contribution in [0, 0.1) is 5.92 Å². The summed E-state index contributed by atoms with van der Waals surface area (Å²) in [4.78, 5) is 22.7. The Kier molecular flexibility index (Phi) is 4.61. The molecule has 3 atom stereocenters. The number of hydrogen-bond donors (Lipinski definition) is 1. The van der Waals surface area contributed by atoms with Gasteiger partial charge in [-0.25, -0.2) is 0 Å². The number of esters is 1. The number of rotatable bonds is 5. The van der Waals surface area contributed by atoms with E-state index >= 15 is 0 Å². The number of carbonyl (C=O) groups excluding carboxylic acids is 2. The zero-order valence-electron chi connectivity index (χ0n) is 9.71. The van der Waals surface area contributed by atoms with Crippen molar-refractivity contribution in [1.82, 2.24) is 3.53 Å². The van der Waals surface area contributed by atoms with Gasteiger partial charge in [0.15, 0.2) is 0 Å². The number of aldehydes is 1. The maximum absolute atomic E-state index is 12.0. The third-order valence-corrected chi connectivity index (χ3v) is 7.50. The molecule has 2 unspecified atom stereocenters. The van der Waals surface area contributed by atoms with Gasteiger partial charge in [0, 0.05) is 0 Å². The molecule has 16 heavy (non-hydrogen) atoms. The van der Waals surface area contributed by atoms with Gasteiger partial charge < -0.3 is 0 Å². The van der Waals surface area contributed by atoms with Gasteiger partial charge in [-0.15, -0.1) is 0 Å². The Labute approximate surface area is 120 Å². The van der Waals surface area contributed by atoms with Crippen molar-refractivity contribution in [2.45, 2.75) is 40.8 Å². The standard InChI is InChI=1S/C10H16I2NO3/c1-6(5-14)9(2,3)16-8(15)10(4,11)7-12-13-7/h5-7,13H,1-4H3/q-1/t6-,7?,10?/m1/s1.